The summed E-state index contributed by atoms with van der Waals surface area (Å²) in [4.78, 5) is 40.5. The van der Waals surface area contributed by atoms with E-state index >= 15 is 0 Å². The number of likely N-dealkylation sites (tertiary alicyclic amines) is 1. The molecule has 0 aliphatic carbocycles. The zero-order chi connectivity index (χ0) is 22.4. The number of Topliss-reactive ketones (excluding diaryl/α,β-unsaturated/α-hetero) is 1. The average molecular weight is 423 g/mol. The molecular weight excluding hydrogens is 392 g/mol. The molecule has 2 aromatic carbocycles. The highest BCUT2D eigenvalue weighted by molar-refractivity contribution is 6.00. The van der Waals surface area contributed by atoms with Gasteiger partial charge >= 0.3 is 0 Å². The van der Waals surface area contributed by atoms with Crippen LogP contribution in [0.25, 0.3) is 0 Å². The molecule has 0 spiro atoms. The SMILES string of the molecule is COc1ccccc1C(=O)N[C@@H](C(=O)N1CCC(C(=O)c2ccccc2)CC1)C(C)C. The van der Waals surface area contributed by atoms with Crippen molar-refractivity contribution in [3.8, 4) is 5.75 Å². The molecule has 0 bridgehead atoms. The summed E-state index contributed by atoms with van der Waals surface area (Å²) in [6.45, 7) is 4.85. The maximum Gasteiger partial charge on any atom is 0.255 e. The second kappa shape index (κ2) is 10.2. The lowest BCUT2D eigenvalue weighted by molar-refractivity contribution is -0.135. The Kier molecular flexibility index (Phi) is 7.45. The normalized spacial score (nSPS) is 15.4. The molecule has 1 heterocycles. The number of para-hydroxylation sites is 1. The van der Waals surface area contributed by atoms with Gasteiger partial charge in [0, 0.05) is 24.6 Å². The maximum absolute atomic E-state index is 13.2. The molecule has 1 atom stereocenters. The Morgan fingerprint density at radius 3 is 2.19 bits per heavy atom. The van der Waals surface area contributed by atoms with Crippen molar-refractivity contribution in [2.24, 2.45) is 11.8 Å². The first-order valence-electron chi connectivity index (χ1n) is 10.7. The van der Waals surface area contributed by atoms with E-state index in [1.165, 1.54) is 7.11 Å². The van der Waals surface area contributed by atoms with E-state index in [2.05, 4.69) is 5.32 Å². The molecule has 1 N–H and O–H groups in total. The van der Waals surface area contributed by atoms with Gasteiger partial charge in [0.25, 0.3) is 5.91 Å². The van der Waals surface area contributed by atoms with Gasteiger partial charge in [-0.3, -0.25) is 14.4 Å². The molecule has 1 aliphatic rings. The number of methoxy groups -OCH3 is 1. The molecular formula is C25H30N2O4. The Bertz CT molecular complexity index is 918. The van der Waals surface area contributed by atoms with Crippen molar-refractivity contribution in [2.75, 3.05) is 20.2 Å². The highest BCUT2D eigenvalue weighted by atomic mass is 16.5. The first kappa shape index (κ1) is 22.5. The van der Waals surface area contributed by atoms with Gasteiger partial charge in [-0.2, -0.15) is 0 Å². The van der Waals surface area contributed by atoms with Crippen LogP contribution in [0.2, 0.25) is 0 Å². The second-order valence-electron chi connectivity index (χ2n) is 8.23. The Labute approximate surface area is 183 Å². The van der Waals surface area contributed by atoms with Crippen molar-refractivity contribution in [1.29, 1.82) is 0 Å². The molecule has 0 aromatic heterocycles. The second-order valence-corrected chi connectivity index (χ2v) is 8.23. The molecule has 6 heteroatoms. The van der Waals surface area contributed by atoms with Crippen LogP contribution >= 0.6 is 0 Å². The molecule has 3 rings (SSSR count). The number of ether oxygens (including phenoxy) is 1. The van der Waals surface area contributed by atoms with E-state index < -0.39 is 6.04 Å². The van der Waals surface area contributed by atoms with E-state index in [0.717, 1.165) is 5.56 Å². The number of hydrogen-bond donors (Lipinski definition) is 1. The monoisotopic (exact) mass is 422 g/mol. The van der Waals surface area contributed by atoms with Crippen LogP contribution in [0, 0.1) is 11.8 Å². The van der Waals surface area contributed by atoms with Gasteiger partial charge in [-0.1, -0.05) is 56.3 Å². The number of benzene rings is 2. The fourth-order valence-electron chi connectivity index (χ4n) is 3.96. The molecule has 2 aromatic rings. The largest absolute Gasteiger partial charge is 0.496 e. The van der Waals surface area contributed by atoms with Crippen molar-refractivity contribution >= 4 is 17.6 Å². The van der Waals surface area contributed by atoms with Crippen LogP contribution < -0.4 is 10.1 Å². The predicted octanol–water partition coefficient (Wildman–Crippen LogP) is 3.57. The predicted molar refractivity (Wildman–Crippen MR) is 119 cm³/mol. The molecule has 31 heavy (non-hydrogen) atoms. The van der Waals surface area contributed by atoms with Gasteiger partial charge in [0.1, 0.15) is 11.8 Å². The third-order valence-electron chi connectivity index (χ3n) is 5.81. The van der Waals surface area contributed by atoms with Crippen LogP contribution in [0.15, 0.2) is 54.6 Å². The van der Waals surface area contributed by atoms with E-state index in [0.29, 0.717) is 37.2 Å². The number of nitrogens with zero attached hydrogens (tertiary/aromatic N) is 1. The standard InChI is InChI=1S/C25H30N2O4/c1-17(2)22(26-24(29)20-11-7-8-12-21(20)31-3)25(30)27-15-13-19(14-16-27)23(28)18-9-5-4-6-10-18/h4-12,17,19,22H,13-16H2,1-3H3,(H,26,29)/t22-/m1/s1. The molecule has 0 saturated carbocycles. The summed E-state index contributed by atoms with van der Waals surface area (Å²) in [7, 11) is 1.51. The van der Waals surface area contributed by atoms with Crippen molar-refractivity contribution in [3.05, 3.63) is 65.7 Å². The highest BCUT2D eigenvalue weighted by Gasteiger charge is 2.33. The van der Waals surface area contributed by atoms with Gasteiger partial charge < -0.3 is 15.0 Å². The lowest BCUT2D eigenvalue weighted by atomic mass is 9.88. The Morgan fingerprint density at radius 2 is 1.58 bits per heavy atom. The molecule has 0 radical (unpaired) electrons. The molecule has 1 fully saturated rings. The zero-order valence-electron chi connectivity index (χ0n) is 18.3. The number of piperidine rings is 1. The van der Waals surface area contributed by atoms with Crippen molar-refractivity contribution in [3.63, 3.8) is 0 Å². The van der Waals surface area contributed by atoms with Crippen LogP contribution in [-0.4, -0.2) is 48.7 Å². The number of ketones is 1. The topological polar surface area (TPSA) is 75.7 Å². The number of amides is 2. The Morgan fingerprint density at radius 1 is 0.968 bits per heavy atom. The van der Waals surface area contributed by atoms with Crippen LogP contribution in [0.1, 0.15) is 47.4 Å². The van der Waals surface area contributed by atoms with Crippen LogP contribution in [0.5, 0.6) is 5.75 Å². The van der Waals surface area contributed by atoms with Crippen LogP contribution in [0.4, 0.5) is 0 Å². The number of carbonyl (C=O) groups excluding carboxylic acids is 3. The van der Waals surface area contributed by atoms with Gasteiger partial charge in [-0.25, -0.2) is 0 Å². The van der Waals surface area contributed by atoms with Gasteiger partial charge in [0.15, 0.2) is 5.78 Å². The molecule has 2 amide bonds. The van der Waals surface area contributed by atoms with Gasteiger partial charge in [0.2, 0.25) is 5.91 Å². The van der Waals surface area contributed by atoms with E-state index in [9.17, 15) is 14.4 Å². The number of rotatable bonds is 7. The summed E-state index contributed by atoms with van der Waals surface area (Å²) < 4.78 is 5.27. The van der Waals surface area contributed by atoms with Crippen LogP contribution in [-0.2, 0) is 4.79 Å². The molecule has 0 unspecified atom stereocenters. The zero-order valence-corrected chi connectivity index (χ0v) is 18.3. The summed E-state index contributed by atoms with van der Waals surface area (Å²) in [5.74, 6) is 0.0113. The Hall–Kier alpha value is -3.15. The average Bonchev–Trinajstić information content (AvgIpc) is 2.82. The molecule has 1 aliphatic heterocycles. The number of carbonyl (C=O) groups is 3. The third kappa shape index (κ3) is 5.32. The number of nitrogens with one attached hydrogen (secondary N) is 1. The minimum absolute atomic E-state index is 0.0742. The van der Waals surface area contributed by atoms with E-state index in [-0.39, 0.29) is 29.4 Å². The fourth-order valence-corrected chi connectivity index (χ4v) is 3.96. The Balaban J connectivity index is 1.63. The van der Waals surface area contributed by atoms with E-state index in [1.54, 1.807) is 29.2 Å². The lowest BCUT2D eigenvalue weighted by Crippen LogP contribution is -2.53. The highest BCUT2D eigenvalue weighted by Crippen LogP contribution is 2.23. The number of hydrogen-bond acceptors (Lipinski definition) is 4. The first-order valence-corrected chi connectivity index (χ1v) is 10.7. The first-order chi connectivity index (χ1) is 14.9. The van der Waals surface area contributed by atoms with Crippen molar-refractivity contribution < 1.29 is 19.1 Å². The van der Waals surface area contributed by atoms with E-state index in [1.807, 2.05) is 44.2 Å². The summed E-state index contributed by atoms with van der Waals surface area (Å²) >= 11 is 0. The molecule has 6 nitrogen and oxygen atoms in total. The van der Waals surface area contributed by atoms with Crippen molar-refractivity contribution in [2.45, 2.75) is 32.7 Å². The summed E-state index contributed by atoms with van der Waals surface area (Å²) in [6.07, 6.45) is 1.26. The summed E-state index contributed by atoms with van der Waals surface area (Å²) in [5.41, 5.74) is 1.12. The molecule has 1 saturated heterocycles. The lowest BCUT2D eigenvalue weighted by Gasteiger charge is -2.35. The van der Waals surface area contributed by atoms with Gasteiger partial charge in [-0.15, -0.1) is 0 Å². The third-order valence-corrected chi connectivity index (χ3v) is 5.81. The minimum Gasteiger partial charge on any atom is -0.496 e. The maximum atomic E-state index is 13.2. The minimum atomic E-state index is -0.640. The van der Waals surface area contributed by atoms with Crippen LogP contribution in [0.3, 0.4) is 0 Å². The van der Waals surface area contributed by atoms with Gasteiger partial charge in [0.05, 0.1) is 12.7 Å². The quantitative estimate of drug-likeness (QED) is 0.692. The smallest absolute Gasteiger partial charge is 0.255 e. The van der Waals surface area contributed by atoms with Crippen molar-refractivity contribution in [1.82, 2.24) is 10.2 Å². The molecule has 164 valence electrons. The van der Waals surface area contributed by atoms with E-state index in [4.69, 9.17) is 4.74 Å². The summed E-state index contributed by atoms with van der Waals surface area (Å²) in [6, 6.07) is 15.6. The van der Waals surface area contributed by atoms with Gasteiger partial charge in [-0.05, 0) is 30.9 Å². The summed E-state index contributed by atoms with van der Waals surface area (Å²) in [5, 5.41) is 2.89. The fraction of sp³-hybridized carbons (Fsp3) is 0.400.